The number of fused-ring (bicyclic) bond motifs is 1. The Balaban J connectivity index is 2.47. The molecule has 0 saturated carbocycles. The maximum atomic E-state index is 10.7. The highest BCUT2D eigenvalue weighted by Crippen LogP contribution is 2.22. The molecule has 0 atom stereocenters. The maximum Gasteiger partial charge on any atom is 0.371 e. The zero-order chi connectivity index (χ0) is 10.8. The number of hydrogen-bond acceptors (Lipinski definition) is 3. The lowest BCUT2D eigenvalue weighted by Crippen LogP contribution is -1.91. The van der Waals surface area contributed by atoms with Gasteiger partial charge in [0.15, 0.2) is 0 Å². The summed E-state index contributed by atoms with van der Waals surface area (Å²) in [5.74, 6) is -0.118. The molecule has 0 unspecified atom stereocenters. The number of carboxylic acid groups (broad SMARTS) is 1. The molecule has 0 saturated heterocycles. The third kappa shape index (κ3) is 1.99. The normalized spacial score (nSPS) is 10.7. The minimum absolute atomic E-state index is 0.00805. The molecular weight excluding hydrogens is 212 g/mol. The van der Waals surface area contributed by atoms with Gasteiger partial charge < -0.3 is 9.52 Å². The van der Waals surface area contributed by atoms with E-state index in [2.05, 4.69) is 0 Å². The molecule has 2 rings (SSSR count). The predicted octanol–water partition coefficient (Wildman–Crippen LogP) is 2.99. The van der Waals surface area contributed by atoms with E-state index in [1.807, 2.05) is 24.5 Å². The van der Waals surface area contributed by atoms with Crippen LogP contribution >= 0.6 is 11.8 Å². The number of carboxylic acids is 1. The van der Waals surface area contributed by atoms with Crippen molar-refractivity contribution in [2.24, 2.45) is 0 Å². The zero-order valence-corrected chi connectivity index (χ0v) is 9.00. The van der Waals surface area contributed by atoms with Crippen LogP contribution in [0.25, 0.3) is 11.0 Å². The van der Waals surface area contributed by atoms with Crippen molar-refractivity contribution >= 4 is 28.7 Å². The van der Waals surface area contributed by atoms with Gasteiger partial charge in [0.2, 0.25) is 5.76 Å². The van der Waals surface area contributed by atoms with Crippen molar-refractivity contribution in [2.75, 3.05) is 6.26 Å². The van der Waals surface area contributed by atoms with Gasteiger partial charge >= 0.3 is 5.97 Å². The summed E-state index contributed by atoms with van der Waals surface area (Å²) in [5.41, 5.74) is 1.80. The summed E-state index contributed by atoms with van der Waals surface area (Å²) >= 11 is 1.73. The molecule has 0 aliphatic carbocycles. The van der Waals surface area contributed by atoms with Crippen molar-refractivity contribution in [2.45, 2.75) is 5.75 Å². The van der Waals surface area contributed by atoms with Crippen LogP contribution in [0.2, 0.25) is 0 Å². The van der Waals surface area contributed by atoms with Crippen molar-refractivity contribution in [3.8, 4) is 0 Å². The van der Waals surface area contributed by atoms with Gasteiger partial charge in [-0.2, -0.15) is 11.8 Å². The highest BCUT2D eigenvalue weighted by Gasteiger charge is 2.10. The fourth-order valence-corrected chi connectivity index (χ4v) is 1.97. The van der Waals surface area contributed by atoms with E-state index < -0.39 is 5.97 Å². The van der Waals surface area contributed by atoms with Gasteiger partial charge in [-0.3, -0.25) is 0 Å². The van der Waals surface area contributed by atoms with Crippen LogP contribution in [0.15, 0.2) is 28.7 Å². The Morgan fingerprint density at radius 1 is 1.47 bits per heavy atom. The Kier molecular flexibility index (Phi) is 2.68. The van der Waals surface area contributed by atoms with Crippen LogP contribution < -0.4 is 0 Å². The average molecular weight is 222 g/mol. The number of carbonyl (C=O) groups is 1. The third-order valence-electron chi connectivity index (χ3n) is 2.10. The number of thioether (sulfide) groups is 1. The molecule has 1 N–H and O–H groups in total. The van der Waals surface area contributed by atoms with Gasteiger partial charge in [0.05, 0.1) is 0 Å². The summed E-state index contributed by atoms with van der Waals surface area (Å²) in [4.78, 5) is 10.7. The molecule has 0 amide bonds. The van der Waals surface area contributed by atoms with Crippen LogP contribution in [0, 0.1) is 0 Å². The molecule has 1 aromatic heterocycles. The van der Waals surface area contributed by atoms with Gasteiger partial charge in [0.25, 0.3) is 0 Å². The minimum atomic E-state index is -1.03. The van der Waals surface area contributed by atoms with Crippen molar-refractivity contribution in [3.05, 3.63) is 35.6 Å². The van der Waals surface area contributed by atoms with Crippen molar-refractivity contribution in [1.82, 2.24) is 0 Å². The Bertz CT molecular complexity index is 502. The first-order valence-electron chi connectivity index (χ1n) is 4.45. The van der Waals surface area contributed by atoms with Crippen molar-refractivity contribution in [1.29, 1.82) is 0 Å². The van der Waals surface area contributed by atoms with Crippen LogP contribution in [0.3, 0.4) is 0 Å². The summed E-state index contributed by atoms with van der Waals surface area (Å²) < 4.78 is 5.16. The van der Waals surface area contributed by atoms with E-state index >= 15 is 0 Å². The second kappa shape index (κ2) is 3.98. The van der Waals surface area contributed by atoms with Gasteiger partial charge in [-0.15, -0.1) is 0 Å². The number of rotatable bonds is 3. The Morgan fingerprint density at radius 2 is 2.27 bits per heavy atom. The maximum absolute atomic E-state index is 10.7. The second-order valence-corrected chi connectivity index (χ2v) is 4.09. The van der Waals surface area contributed by atoms with Crippen LogP contribution in [0.1, 0.15) is 16.1 Å². The van der Waals surface area contributed by atoms with Crippen LogP contribution in [0.5, 0.6) is 0 Å². The van der Waals surface area contributed by atoms with Gasteiger partial charge in [0, 0.05) is 11.1 Å². The Morgan fingerprint density at radius 3 is 2.93 bits per heavy atom. The lowest BCUT2D eigenvalue weighted by molar-refractivity contribution is 0.0665. The number of hydrogen-bond donors (Lipinski definition) is 1. The fourth-order valence-electron chi connectivity index (χ4n) is 1.45. The first-order valence-corrected chi connectivity index (χ1v) is 5.85. The van der Waals surface area contributed by atoms with E-state index in [4.69, 9.17) is 9.52 Å². The molecule has 4 heteroatoms. The third-order valence-corrected chi connectivity index (χ3v) is 2.72. The average Bonchev–Trinajstić information content (AvgIpc) is 2.61. The molecule has 0 radical (unpaired) electrons. The number of furan rings is 1. The topological polar surface area (TPSA) is 50.4 Å². The molecule has 1 heterocycles. The summed E-state index contributed by atoms with van der Waals surface area (Å²) in [6.45, 7) is 0. The lowest BCUT2D eigenvalue weighted by Gasteiger charge is -1.96. The summed E-state index contributed by atoms with van der Waals surface area (Å²) in [6, 6.07) is 7.28. The van der Waals surface area contributed by atoms with Crippen LogP contribution in [-0.2, 0) is 5.75 Å². The molecule has 0 bridgehead atoms. The lowest BCUT2D eigenvalue weighted by atomic mass is 10.2. The smallest absolute Gasteiger partial charge is 0.371 e. The summed E-state index contributed by atoms with van der Waals surface area (Å²) in [5, 5.41) is 9.61. The second-order valence-electron chi connectivity index (χ2n) is 3.22. The highest BCUT2D eigenvalue weighted by molar-refractivity contribution is 7.97. The van der Waals surface area contributed by atoms with Crippen LogP contribution in [0.4, 0.5) is 0 Å². The van der Waals surface area contributed by atoms with E-state index in [0.29, 0.717) is 5.58 Å². The highest BCUT2D eigenvalue weighted by atomic mass is 32.2. The molecule has 0 aliphatic heterocycles. The van der Waals surface area contributed by atoms with E-state index in [9.17, 15) is 4.79 Å². The summed E-state index contributed by atoms with van der Waals surface area (Å²) in [6.07, 6.45) is 2.03. The first kappa shape index (κ1) is 10.1. The molecule has 78 valence electrons. The summed E-state index contributed by atoms with van der Waals surface area (Å²) in [7, 11) is 0. The Labute approximate surface area is 91.1 Å². The first-order chi connectivity index (χ1) is 7.20. The van der Waals surface area contributed by atoms with Crippen molar-refractivity contribution < 1.29 is 14.3 Å². The largest absolute Gasteiger partial charge is 0.475 e. The quantitative estimate of drug-likeness (QED) is 0.867. The van der Waals surface area contributed by atoms with E-state index in [1.54, 1.807) is 17.8 Å². The predicted molar refractivity (Wildman–Crippen MR) is 60.4 cm³/mol. The minimum Gasteiger partial charge on any atom is -0.475 e. The zero-order valence-electron chi connectivity index (χ0n) is 8.19. The Hall–Kier alpha value is -1.42. The molecule has 15 heavy (non-hydrogen) atoms. The monoisotopic (exact) mass is 222 g/mol. The molecule has 2 aromatic rings. The standard InChI is InChI=1S/C11H10O3S/c1-15-6-7-2-3-9-8(4-7)5-10(14-9)11(12)13/h2-5H,6H2,1H3,(H,12,13). The molecule has 1 aromatic carbocycles. The van der Waals surface area contributed by atoms with Gasteiger partial charge in [-0.05, 0) is 30.0 Å². The molecule has 3 nitrogen and oxygen atoms in total. The molecular formula is C11H10O3S. The van der Waals surface area contributed by atoms with Crippen LogP contribution in [-0.4, -0.2) is 17.3 Å². The molecule has 0 fully saturated rings. The van der Waals surface area contributed by atoms with E-state index in [-0.39, 0.29) is 5.76 Å². The fraction of sp³-hybridized carbons (Fsp3) is 0.182. The van der Waals surface area contributed by atoms with E-state index in [0.717, 1.165) is 11.1 Å². The SMILES string of the molecule is CSCc1ccc2oc(C(=O)O)cc2c1. The van der Waals surface area contributed by atoms with Gasteiger partial charge in [0.1, 0.15) is 5.58 Å². The molecule has 0 spiro atoms. The van der Waals surface area contributed by atoms with E-state index in [1.165, 1.54) is 5.56 Å². The van der Waals surface area contributed by atoms with Crippen molar-refractivity contribution in [3.63, 3.8) is 0 Å². The van der Waals surface area contributed by atoms with Gasteiger partial charge in [-0.25, -0.2) is 4.79 Å². The molecule has 0 aliphatic rings. The number of benzene rings is 1. The van der Waals surface area contributed by atoms with Gasteiger partial charge in [-0.1, -0.05) is 6.07 Å². The number of aromatic carboxylic acids is 1.